The van der Waals surface area contributed by atoms with E-state index in [1.165, 1.54) is 6.07 Å². The van der Waals surface area contributed by atoms with Crippen molar-refractivity contribution in [2.24, 2.45) is 0 Å². The van der Waals surface area contributed by atoms with E-state index in [9.17, 15) is 18.0 Å². The topological polar surface area (TPSA) is 60.5 Å². The minimum absolute atomic E-state index is 0.0220. The minimum atomic E-state index is -4.49. The molecule has 1 aromatic heterocycles. The Balaban J connectivity index is 1.63. The van der Waals surface area contributed by atoms with E-state index in [1.54, 1.807) is 18.2 Å². The van der Waals surface area contributed by atoms with Gasteiger partial charge in [0.25, 0.3) is 5.91 Å². The van der Waals surface area contributed by atoms with Crippen LogP contribution in [0.15, 0.2) is 42.6 Å². The van der Waals surface area contributed by atoms with Crippen LogP contribution in [0.4, 0.5) is 18.9 Å². The predicted octanol–water partition coefficient (Wildman–Crippen LogP) is 4.93. The smallest absolute Gasteiger partial charge is 0.416 e. The maximum absolute atomic E-state index is 12.8. The molecule has 1 amide bonds. The number of halogens is 4. The molecule has 0 unspecified atom stereocenters. The Morgan fingerprint density at radius 1 is 1.07 bits per heavy atom. The van der Waals surface area contributed by atoms with Crippen molar-refractivity contribution in [1.29, 1.82) is 0 Å². The number of ether oxygens (including phenoxy) is 2. The third kappa shape index (κ3) is 3.43. The van der Waals surface area contributed by atoms with Gasteiger partial charge in [-0.25, -0.2) is 0 Å². The first-order valence-electron chi connectivity index (χ1n) is 8.19. The third-order valence-electron chi connectivity index (χ3n) is 4.18. The van der Waals surface area contributed by atoms with Crippen molar-refractivity contribution >= 4 is 34.1 Å². The molecule has 0 fully saturated rings. The number of hydrogen-bond acceptors (Lipinski definition) is 4. The normalized spacial score (nSPS) is 13.4. The average Bonchev–Trinajstić information content (AvgIpc) is 2.67. The van der Waals surface area contributed by atoms with Gasteiger partial charge >= 0.3 is 6.18 Å². The number of carbonyl (C=O) groups is 1. The molecule has 3 aromatic rings. The van der Waals surface area contributed by atoms with Gasteiger partial charge in [-0.15, -0.1) is 0 Å². The van der Waals surface area contributed by atoms with Crippen LogP contribution in [0.1, 0.15) is 15.9 Å². The van der Waals surface area contributed by atoms with E-state index < -0.39 is 17.6 Å². The molecule has 0 spiro atoms. The quantitative estimate of drug-likeness (QED) is 0.653. The Morgan fingerprint density at radius 3 is 2.57 bits per heavy atom. The summed E-state index contributed by atoms with van der Waals surface area (Å²) in [6.07, 6.45) is -3.34. The lowest BCUT2D eigenvalue weighted by Gasteiger charge is -2.19. The predicted molar refractivity (Wildman–Crippen MR) is 97.1 cm³/mol. The van der Waals surface area contributed by atoms with Crippen LogP contribution in [-0.4, -0.2) is 24.1 Å². The highest BCUT2D eigenvalue weighted by Gasteiger charge is 2.31. The van der Waals surface area contributed by atoms with Crippen LogP contribution in [0, 0.1) is 0 Å². The van der Waals surface area contributed by atoms with Crippen LogP contribution < -0.4 is 14.8 Å². The highest BCUT2D eigenvalue weighted by Crippen LogP contribution is 2.35. The molecule has 144 valence electrons. The van der Waals surface area contributed by atoms with Gasteiger partial charge in [-0.2, -0.15) is 13.2 Å². The number of anilines is 1. The standard InChI is InChI=1S/C19H12ClF3N2O3/c20-17-12-3-1-10(19(21,22)23)7-14(12)24-9-13(17)18(26)25-11-2-4-15-16(8-11)28-6-5-27-15/h1-4,7-9H,5-6H2,(H,25,26). The molecule has 2 aromatic carbocycles. The lowest BCUT2D eigenvalue weighted by molar-refractivity contribution is -0.137. The van der Waals surface area contributed by atoms with E-state index in [4.69, 9.17) is 21.1 Å². The fourth-order valence-corrected chi connectivity index (χ4v) is 3.11. The highest BCUT2D eigenvalue weighted by atomic mass is 35.5. The summed E-state index contributed by atoms with van der Waals surface area (Å²) in [5.41, 5.74) is -0.283. The van der Waals surface area contributed by atoms with E-state index in [2.05, 4.69) is 10.3 Å². The Labute approximate surface area is 162 Å². The highest BCUT2D eigenvalue weighted by molar-refractivity contribution is 6.38. The van der Waals surface area contributed by atoms with Crippen LogP contribution >= 0.6 is 11.6 Å². The fraction of sp³-hybridized carbons (Fsp3) is 0.158. The lowest BCUT2D eigenvalue weighted by atomic mass is 10.1. The summed E-state index contributed by atoms with van der Waals surface area (Å²) < 4.78 is 49.4. The first-order valence-corrected chi connectivity index (χ1v) is 8.57. The first kappa shape index (κ1) is 18.4. The Hall–Kier alpha value is -3.00. The Kier molecular flexibility index (Phi) is 4.50. The van der Waals surface area contributed by atoms with Crippen LogP contribution in [-0.2, 0) is 6.18 Å². The molecule has 0 radical (unpaired) electrons. The molecule has 0 saturated heterocycles. The molecule has 1 aliphatic rings. The zero-order chi connectivity index (χ0) is 19.9. The molecule has 2 heterocycles. The number of pyridine rings is 1. The van der Waals surface area contributed by atoms with E-state index in [0.29, 0.717) is 30.4 Å². The number of benzene rings is 2. The molecular weight excluding hydrogens is 397 g/mol. The largest absolute Gasteiger partial charge is 0.486 e. The number of aromatic nitrogens is 1. The van der Waals surface area contributed by atoms with Crippen molar-refractivity contribution < 1.29 is 27.4 Å². The second kappa shape index (κ2) is 6.87. The van der Waals surface area contributed by atoms with Crippen LogP contribution in [0.25, 0.3) is 10.9 Å². The van der Waals surface area contributed by atoms with Crippen molar-refractivity contribution in [2.45, 2.75) is 6.18 Å². The average molecular weight is 409 g/mol. The number of amides is 1. The van der Waals surface area contributed by atoms with Gasteiger partial charge in [0.1, 0.15) is 13.2 Å². The number of nitrogens with zero attached hydrogens (tertiary/aromatic N) is 1. The van der Waals surface area contributed by atoms with Gasteiger partial charge in [0.05, 0.1) is 21.7 Å². The molecule has 0 atom stereocenters. The zero-order valence-electron chi connectivity index (χ0n) is 14.1. The van der Waals surface area contributed by atoms with Gasteiger partial charge in [0, 0.05) is 23.3 Å². The van der Waals surface area contributed by atoms with E-state index >= 15 is 0 Å². The van der Waals surface area contributed by atoms with Crippen molar-refractivity contribution in [3.8, 4) is 11.5 Å². The second-order valence-electron chi connectivity index (χ2n) is 6.03. The molecule has 4 rings (SSSR count). The SMILES string of the molecule is O=C(Nc1ccc2c(c1)OCCO2)c1cnc2cc(C(F)(F)F)ccc2c1Cl. The number of rotatable bonds is 2. The molecule has 28 heavy (non-hydrogen) atoms. The summed E-state index contributed by atoms with van der Waals surface area (Å²) in [4.78, 5) is 16.5. The van der Waals surface area contributed by atoms with Crippen LogP contribution in [0.3, 0.4) is 0 Å². The van der Waals surface area contributed by atoms with Gasteiger partial charge in [0.15, 0.2) is 11.5 Å². The van der Waals surface area contributed by atoms with Crippen molar-refractivity contribution in [2.75, 3.05) is 18.5 Å². The molecule has 0 saturated carbocycles. The van der Waals surface area contributed by atoms with E-state index in [-0.39, 0.29) is 21.5 Å². The Bertz CT molecular complexity index is 1090. The first-order chi connectivity index (χ1) is 13.3. The van der Waals surface area contributed by atoms with Gasteiger partial charge in [-0.3, -0.25) is 9.78 Å². The number of fused-ring (bicyclic) bond motifs is 2. The second-order valence-corrected chi connectivity index (χ2v) is 6.41. The zero-order valence-corrected chi connectivity index (χ0v) is 14.9. The fourth-order valence-electron chi connectivity index (χ4n) is 2.81. The summed E-state index contributed by atoms with van der Waals surface area (Å²) >= 11 is 6.26. The summed E-state index contributed by atoms with van der Waals surface area (Å²) in [7, 11) is 0. The summed E-state index contributed by atoms with van der Waals surface area (Å²) in [6, 6.07) is 7.92. The molecule has 0 bridgehead atoms. The van der Waals surface area contributed by atoms with E-state index in [0.717, 1.165) is 18.3 Å². The van der Waals surface area contributed by atoms with Crippen molar-refractivity contribution in [1.82, 2.24) is 4.98 Å². The van der Waals surface area contributed by atoms with Crippen LogP contribution in [0.2, 0.25) is 5.02 Å². The number of nitrogens with one attached hydrogen (secondary N) is 1. The third-order valence-corrected chi connectivity index (χ3v) is 4.58. The van der Waals surface area contributed by atoms with Gasteiger partial charge in [-0.1, -0.05) is 17.7 Å². The summed E-state index contributed by atoms with van der Waals surface area (Å²) in [5, 5.41) is 2.95. The molecular formula is C19H12ClF3N2O3. The number of hydrogen-bond donors (Lipinski definition) is 1. The maximum Gasteiger partial charge on any atom is 0.416 e. The Morgan fingerprint density at radius 2 is 1.82 bits per heavy atom. The maximum atomic E-state index is 12.8. The minimum Gasteiger partial charge on any atom is -0.486 e. The van der Waals surface area contributed by atoms with Gasteiger partial charge in [0.2, 0.25) is 0 Å². The summed E-state index contributed by atoms with van der Waals surface area (Å²) in [6.45, 7) is 0.859. The van der Waals surface area contributed by atoms with Crippen LogP contribution in [0.5, 0.6) is 11.5 Å². The molecule has 1 N–H and O–H groups in total. The monoisotopic (exact) mass is 408 g/mol. The molecule has 1 aliphatic heterocycles. The molecule has 0 aliphatic carbocycles. The summed E-state index contributed by atoms with van der Waals surface area (Å²) in [5.74, 6) is 0.539. The molecule has 5 nitrogen and oxygen atoms in total. The van der Waals surface area contributed by atoms with Gasteiger partial charge < -0.3 is 14.8 Å². The number of carbonyl (C=O) groups excluding carboxylic acids is 1. The van der Waals surface area contributed by atoms with Gasteiger partial charge in [-0.05, 0) is 24.3 Å². The molecule has 9 heteroatoms. The number of alkyl halides is 3. The van der Waals surface area contributed by atoms with E-state index in [1.807, 2.05) is 0 Å². The van der Waals surface area contributed by atoms with Crippen molar-refractivity contribution in [3.63, 3.8) is 0 Å². The lowest BCUT2D eigenvalue weighted by Crippen LogP contribution is -2.16. The van der Waals surface area contributed by atoms with Crippen molar-refractivity contribution in [3.05, 3.63) is 58.7 Å².